The fourth-order valence-corrected chi connectivity index (χ4v) is 5.20. The lowest BCUT2D eigenvalue weighted by Gasteiger charge is -2.30. The van der Waals surface area contributed by atoms with E-state index in [9.17, 15) is 9.59 Å². The van der Waals surface area contributed by atoms with Crippen molar-refractivity contribution in [3.8, 4) is 5.75 Å². The molecule has 7 heteroatoms. The monoisotopic (exact) mass is 506 g/mol. The molecule has 7 nitrogen and oxygen atoms in total. The van der Waals surface area contributed by atoms with Crippen molar-refractivity contribution in [1.29, 1.82) is 0 Å². The summed E-state index contributed by atoms with van der Waals surface area (Å²) in [5.41, 5.74) is 2.50. The summed E-state index contributed by atoms with van der Waals surface area (Å²) in [6, 6.07) is 15.5. The van der Waals surface area contributed by atoms with Crippen LogP contribution in [0.5, 0.6) is 5.75 Å². The number of benzene rings is 2. The zero-order chi connectivity index (χ0) is 26.2. The smallest absolute Gasteiger partial charge is 0.254 e. The highest BCUT2D eigenvalue weighted by Gasteiger charge is 2.23. The molecule has 0 bridgehead atoms. The third-order valence-corrected chi connectivity index (χ3v) is 7.62. The highest BCUT2D eigenvalue weighted by Crippen LogP contribution is 2.25. The van der Waals surface area contributed by atoms with E-state index in [1.54, 1.807) is 6.92 Å². The minimum Gasteiger partial charge on any atom is -0.492 e. The number of likely N-dealkylation sites (N-methyl/N-ethyl adjacent to an activating group) is 1. The Bertz CT molecular complexity index is 1050. The number of hydrogen-bond acceptors (Lipinski definition) is 5. The van der Waals surface area contributed by atoms with Crippen LogP contribution in [-0.4, -0.2) is 86.0 Å². The molecule has 1 fully saturated rings. The van der Waals surface area contributed by atoms with Gasteiger partial charge >= 0.3 is 0 Å². The van der Waals surface area contributed by atoms with Crippen LogP contribution in [0.3, 0.4) is 0 Å². The lowest BCUT2D eigenvalue weighted by molar-refractivity contribution is -0.116. The van der Waals surface area contributed by atoms with Crippen molar-refractivity contribution in [1.82, 2.24) is 14.7 Å². The molecule has 0 unspecified atom stereocenters. The predicted molar refractivity (Wildman–Crippen MR) is 148 cm³/mol. The van der Waals surface area contributed by atoms with Crippen LogP contribution < -0.4 is 9.64 Å². The Morgan fingerprint density at radius 2 is 1.73 bits per heavy atom. The maximum atomic E-state index is 13.7. The number of nitrogens with zero attached hydrogens (tertiary/aromatic N) is 4. The van der Waals surface area contributed by atoms with Gasteiger partial charge in [-0.1, -0.05) is 31.2 Å². The van der Waals surface area contributed by atoms with Gasteiger partial charge in [0.2, 0.25) is 5.91 Å². The lowest BCUT2D eigenvalue weighted by Crippen LogP contribution is -2.37. The number of anilines is 1. The number of para-hydroxylation sites is 1. The highest BCUT2D eigenvalue weighted by atomic mass is 16.5. The topological polar surface area (TPSA) is 56.3 Å². The maximum Gasteiger partial charge on any atom is 0.254 e. The Balaban J connectivity index is 1.48. The number of carbonyl (C=O) groups is 2. The van der Waals surface area contributed by atoms with Crippen LogP contribution in [0.25, 0.3) is 0 Å². The summed E-state index contributed by atoms with van der Waals surface area (Å²) in [6.07, 6.45) is 3.39. The van der Waals surface area contributed by atoms with Crippen LogP contribution in [0.4, 0.5) is 5.69 Å². The summed E-state index contributed by atoms with van der Waals surface area (Å²) in [4.78, 5) is 34.7. The molecule has 1 saturated heterocycles. The van der Waals surface area contributed by atoms with Gasteiger partial charge in [0.15, 0.2) is 0 Å². The first-order valence-corrected chi connectivity index (χ1v) is 13.7. The second kappa shape index (κ2) is 13.1. The van der Waals surface area contributed by atoms with E-state index in [4.69, 9.17) is 4.74 Å². The van der Waals surface area contributed by atoms with Crippen molar-refractivity contribution in [2.24, 2.45) is 5.92 Å². The first-order valence-electron chi connectivity index (χ1n) is 13.7. The normalized spacial score (nSPS) is 18.7. The molecule has 2 aromatic rings. The number of rotatable bonds is 5. The summed E-state index contributed by atoms with van der Waals surface area (Å²) < 4.78 is 6.06. The van der Waals surface area contributed by atoms with Crippen molar-refractivity contribution in [3.05, 3.63) is 59.7 Å². The van der Waals surface area contributed by atoms with Crippen LogP contribution in [0, 0.1) is 5.92 Å². The first-order chi connectivity index (χ1) is 17.9. The Morgan fingerprint density at radius 3 is 2.51 bits per heavy atom. The summed E-state index contributed by atoms with van der Waals surface area (Å²) in [7, 11) is 2.07. The van der Waals surface area contributed by atoms with Crippen molar-refractivity contribution in [3.63, 3.8) is 0 Å². The molecule has 2 aliphatic heterocycles. The number of piperidine rings is 1. The number of fused-ring (bicyclic) bond motifs is 1. The molecule has 0 atom stereocenters. The summed E-state index contributed by atoms with van der Waals surface area (Å²) >= 11 is 0. The molecule has 2 aliphatic rings. The molecule has 0 saturated carbocycles. The Kier molecular flexibility index (Phi) is 9.58. The van der Waals surface area contributed by atoms with Gasteiger partial charge in [0.1, 0.15) is 12.4 Å². The zero-order valence-corrected chi connectivity index (χ0v) is 22.7. The molecule has 0 aromatic heterocycles. The van der Waals surface area contributed by atoms with Crippen LogP contribution >= 0.6 is 0 Å². The molecule has 2 amide bonds. The van der Waals surface area contributed by atoms with Crippen LogP contribution in [0.1, 0.15) is 49.0 Å². The summed E-state index contributed by atoms with van der Waals surface area (Å²) in [6.45, 7) is 11.1. The average molecular weight is 507 g/mol. The zero-order valence-electron chi connectivity index (χ0n) is 22.7. The molecule has 2 heterocycles. The van der Waals surface area contributed by atoms with E-state index in [0.29, 0.717) is 31.8 Å². The van der Waals surface area contributed by atoms with Gasteiger partial charge in [0, 0.05) is 50.9 Å². The quantitative estimate of drug-likeness (QED) is 0.611. The van der Waals surface area contributed by atoms with E-state index in [2.05, 4.69) is 23.8 Å². The highest BCUT2D eigenvalue weighted by molar-refractivity contribution is 5.95. The summed E-state index contributed by atoms with van der Waals surface area (Å²) in [5.74, 6) is 1.55. The van der Waals surface area contributed by atoms with E-state index in [-0.39, 0.29) is 11.8 Å². The fourth-order valence-electron chi connectivity index (χ4n) is 5.20. The van der Waals surface area contributed by atoms with Crippen LogP contribution in [0.2, 0.25) is 0 Å². The van der Waals surface area contributed by atoms with Gasteiger partial charge in [-0.05, 0) is 81.7 Å². The summed E-state index contributed by atoms with van der Waals surface area (Å²) in [5, 5.41) is 0. The van der Waals surface area contributed by atoms with Crippen molar-refractivity contribution < 1.29 is 14.3 Å². The van der Waals surface area contributed by atoms with Crippen molar-refractivity contribution in [2.45, 2.75) is 39.7 Å². The molecule has 37 heavy (non-hydrogen) atoms. The van der Waals surface area contributed by atoms with Gasteiger partial charge in [-0.3, -0.25) is 14.5 Å². The third-order valence-electron chi connectivity index (χ3n) is 7.62. The van der Waals surface area contributed by atoms with E-state index in [0.717, 1.165) is 62.1 Å². The number of carbonyl (C=O) groups excluding carboxylic acids is 2. The molecule has 0 spiro atoms. The van der Waals surface area contributed by atoms with Gasteiger partial charge < -0.3 is 19.4 Å². The molecule has 0 N–H and O–H groups in total. The largest absolute Gasteiger partial charge is 0.492 e. The van der Waals surface area contributed by atoms with Gasteiger partial charge in [0.05, 0.1) is 0 Å². The number of amides is 2. The number of hydrogen-bond donors (Lipinski definition) is 0. The minimum absolute atomic E-state index is 0.0210. The van der Waals surface area contributed by atoms with E-state index in [1.807, 2.05) is 58.3 Å². The van der Waals surface area contributed by atoms with Crippen molar-refractivity contribution in [2.75, 3.05) is 64.4 Å². The van der Waals surface area contributed by atoms with Gasteiger partial charge in [-0.15, -0.1) is 0 Å². The van der Waals surface area contributed by atoms with Crippen LogP contribution in [-0.2, 0) is 11.3 Å². The Morgan fingerprint density at radius 1 is 0.946 bits per heavy atom. The lowest BCUT2D eigenvalue weighted by atomic mass is 9.99. The Hall–Kier alpha value is -2.90. The number of likely N-dealkylation sites (tertiary alicyclic amines) is 1. The van der Waals surface area contributed by atoms with Crippen molar-refractivity contribution >= 4 is 17.5 Å². The number of ether oxygens (including phenoxy) is 1. The molecule has 4 rings (SSSR count). The fraction of sp³-hybridized carbons (Fsp3) is 0.533. The minimum atomic E-state index is -0.0210. The average Bonchev–Trinajstić information content (AvgIpc) is 2.93. The molecular formula is C30H42N4O3. The van der Waals surface area contributed by atoms with Gasteiger partial charge in [-0.25, -0.2) is 0 Å². The standard InChI is InChI=1S/C30H42N4O3/c1-24-12-16-32(17-13-24)20-21-37-28-10-6-9-26(22-28)30(36)33-19-18-31(3)14-7-15-34(25(2)35)29-11-5-4-8-27(29)23-33/h4-6,8-11,22,24H,7,12-21,23H2,1-3H3. The van der Waals surface area contributed by atoms with E-state index >= 15 is 0 Å². The van der Waals surface area contributed by atoms with Crippen LogP contribution in [0.15, 0.2) is 48.5 Å². The second-order valence-corrected chi connectivity index (χ2v) is 10.6. The predicted octanol–water partition coefficient (Wildman–Crippen LogP) is 4.13. The SMILES string of the molecule is CC(=O)N1CCCN(C)CCN(C(=O)c2cccc(OCCN3CCC(C)CC3)c2)Cc2ccccc21. The maximum absolute atomic E-state index is 13.7. The molecule has 2 aromatic carbocycles. The van der Waals surface area contributed by atoms with E-state index in [1.165, 1.54) is 12.8 Å². The van der Waals surface area contributed by atoms with Gasteiger partial charge in [0.25, 0.3) is 5.91 Å². The van der Waals surface area contributed by atoms with Gasteiger partial charge in [-0.2, -0.15) is 0 Å². The molecule has 0 radical (unpaired) electrons. The Labute approximate surface area is 222 Å². The van der Waals surface area contributed by atoms with E-state index < -0.39 is 0 Å². The molecule has 200 valence electrons. The molecule has 0 aliphatic carbocycles. The molecular weight excluding hydrogens is 464 g/mol. The first kappa shape index (κ1) is 27.1. The second-order valence-electron chi connectivity index (χ2n) is 10.6. The third kappa shape index (κ3) is 7.55.